The fraction of sp³-hybridized carbons (Fsp3) is 0.294. The largest absolute Gasteiger partial charge is 0.382 e. The molecule has 0 radical (unpaired) electrons. The molecule has 0 aliphatic carbocycles. The van der Waals surface area contributed by atoms with E-state index in [0.717, 1.165) is 23.4 Å². The maximum Gasteiger partial charge on any atom is 0.123 e. The Morgan fingerprint density at radius 1 is 1.15 bits per heavy atom. The predicted octanol–water partition coefficient (Wildman–Crippen LogP) is 4.49. The van der Waals surface area contributed by atoms with E-state index in [1.807, 2.05) is 6.07 Å². The highest BCUT2D eigenvalue weighted by Gasteiger charge is 2.24. The summed E-state index contributed by atoms with van der Waals surface area (Å²) in [4.78, 5) is 0. The van der Waals surface area contributed by atoms with Crippen molar-refractivity contribution in [1.29, 1.82) is 0 Å². The lowest BCUT2D eigenvalue weighted by atomic mass is 9.93. The summed E-state index contributed by atoms with van der Waals surface area (Å²) in [5, 5.41) is 6.92. The molecular weight excluding hydrogens is 251 g/mol. The highest BCUT2D eigenvalue weighted by molar-refractivity contribution is 5.58. The normalized spacial score (nSPS) is 20.9. The van der Waals surface area contributed by atoms with Crippen LogP contribution in [-0.2, 0) is 0 Å². The molecule has 0 saturated carbocycles. The molecular formula is C17H19FN2. The quantitative estimate of drug-likeness (QED) is 0.840. The number of hydrogen-bond donors (Lipinski definition) is 2. The monoisotopic (exact) mass is 270 g/mol. The zero-order valence-electron chi connectivity index (χ0n) is 11.8. The zero-order valence-corrected chi connectivity index (χ0v) is 11.8. The van der Waals surface area contributed by atoms with E-state index >= 15 is 0 Å². The van der Waals surface area contributed by atoms with Gasteiger partial charge in [0.1, 0.15) is 5.82 Å². The minimum Gasteiger partial charge on any atom is -0.382 e. The first kappa shape index (κ1) is 13.0. The smallest absolute Gasteiger partial charge is 0.123 e. The molecule has 0 unspecified atom stereocenters. The van der Waals surface area contributed by atoms with Crippen molar-refractivity contribution >= 4 is 11.4 Å². The third kappa shape index (κ3) is 2.62. The molecule has 0 aromatic heterocycles. The number of benzene rings is 2. The van der Waals surface area contributed by atoms with Crippen LogP contribution in [0, 0.1) is 12.7 Å². The second kappa shape index (κ2) is 5.16. The topological polar surface area (TPSA) is 24.1 Å². The number of aryl methyl sites for hydroxylation is 1. The fourth-order valence-corrected chi connectivity index (χ4v) is 2.75. The van der Waals surface area contributed by atoms with Crippen molar-refractivity contribution in [3.63, 3.8) is 0 Å². The van der Waals surface area contributed by atoms with Crippen LogP contribution in [0.3, 0.4) is 0 Å². The van der Waals surface area contributed by atoms with E-state index in [1.165, 1.54) is 11.6 Å². The average Bonchev–Trinajstić information content (AvgIpc) is 2.42. The summed E-state index contributed by atoms with van der Waals surface area (Å²) in [5.41, 5.74) is 4.34. The molecule has 1 heterocycles. The van der Waals surface area contributed by atoms with Crippen LogP contribution in [0.5, 0.6) is 0 Å². The van der Waals surface area contributed by atoms with Crippen LogP contribution in [0.4, 0.5) is 15.8 Å². The molecule has 1 aliphatic heterocycles. The molecule has 104 valence electrons. The highest BCUT2D eigenvalue weighted by atomic mass is 19.1. The molecule has 3 heteroatoms. The van der Waals surface area contributed by atoms with E-state index in [0.29, 0.717) is 6.04 Å². The van der Waals surface area contributed by atoms with E-state index in [-0.39, 0.29) is 11.9 Å². The van der Waals surface area contributed by atoms with Crippen molar-refractivity contribution in [3.8, 4) is 0 Å². The SMILES string of the molecule is Cc1ccc(N[C@@H]2C[C@@H](C)Nc3ccc(F)cc32)cc1. The maximum absolute atomic E-state index is 13.5. The van der Waals surface area contributed by atoms with Gasteiger partial charge in [0.05, 0.1) is 6.04 Å². The van der Waals surface area contributed by atoms with E-state index in [4.69, 9.17) is 0 Å². The van der Waals surface area contributed by atoms with Crippen LogP contribution in [0.25, 0.3) is 0 Å². The molecule has 0 spiro atoms. The van der Waals surface area contributed by atoms with E-state index < -0.39 is 0 Å². The van der Waals surface area contributed by atoms with Crippen LogP contribution in [-0.4, -0.2) is 6.04 Å². The predicted molar refractivity (Wildman–Crippen MR) is 81.6 cm³/mol. The average molecular weight is 270 g/mol. The Hall–Kier alpha value is -2.03. The second-order valence-electron chi connectivity index (χ2n) is 5.58. The lowest BCUT2D eigenvalue weighted by Crippen LogP contribution is -2.29. The first-order chi connectivity index (χ1) is 9.61. The summed E-state index contributed by atoms with van der Waals surface area (Å²) in [6, 6.07) is 13.8. The molecule has 0 amide bonds. The summed E-state index contributed by atoms with van der Waals surface area (Å²) >= 11 is 0. The first-order valence-electron chi connectivity index (χ1n) is 7.01. The number of fused-ring (bicyclic) bond motifs is 1. The highest BCUT2D eigenvalue weighted by Crippen LogP contribution is 2.35. The van der Waals surface area contributed by atoms with Crippen molar-refractivity contribution < 1.29 is 4.39 Å². The van der Waals surface area contributed by atoms with Gasteiger partial charge in [-0.05, 0) is 50.6 Å². The summed E-state index contributed by atoms with van der Waals surface area (Å²) in [7, 11) is 0. The Morgan fingerprint density at radius 2 is 1.90 bits per heavy atom. The summed E-state index contributed by atoms with van der Waals surface area (Å²) in [6.07, 6.45) is 0.935. The number of halogens is 1. The van der Waals surface area contributed by atoms with Gasteiger partial charge in [0.2, 0.25) is 0 Å². The van der Waals surface area contributed by atoms with Gasteiger partial charge in [-0.3, -0.25) is 0 Å². The zero-order chi connectivity index (χ0) is 14.1. The van der Waals surface area contributed by atoms with Gasteiger partial charge >= 0.3 is 0 Å². The summed E-state index contributed by atoms with van der Waals surface area (Å²) in [5.74, 6) is -0.184. The molecule has 3 rings (SSSR count). The molecule has 0 bridgehead atoms. The Bertz CT molecular complexity index is 607. The second-order valence-corrected chi connectivity index (χ2v) is 5.58. The number of nitrogens with one attached hydrogen (secondary N) is 2. The van der Waals surface area contributed by atoms with Gasteiger partial charge in [-0.2, -0.15) is 0 Å². The first-order valence-corrected chi connectivity index (χ1v) is 7.01. The standard InChI is InChI=1S/C17H19FN2/c1-11-3-6-14(7-4-11)20-17-9-12(2)19-16-8-5-13(18)10-15(16)17/h3-8,10,12,17,19-20H,9H2,1-2H3/t12-,17-/m1/s1. The minimum atomic E-state index is -0.184. The van der Waals surface area contributed by atoms with Crippen LogP contribution in [0.15, 0.2) is 42.5 Å². The molecule has 2 aromatic rings. The van der Waals surface area contributed by atoms with Crippen LogP contribution >= 0.6 is 0 Å². The molecule has 2 N–H and O–H groups in total. The van der Waals surface area contributed by atoms with Crippen LogP contribution in [0.1, 0.15) is 30.5 Å². The third-order valence-corrected chi connectivity index (χ3v) is 3.77. The van der Waals surface area contributed by atoms with E-state index in [1.54, 1.807) is 6.07 Å². The Morgan fingerprint density at radius 3 is 2.65 bits per heavy atom. The van der Waals surface area contributed by atoms with Crippen molar-refractivity contribution in [1.82, 2.24) is 0 Å². The molecule has 20 heavy (non-hydrogen) atoms. The molecule has 2 atom stereocenters. The third-order valence-electron chi connectivity index (χ3n) is 3.77. The van der Waals surface area contributed by atoms with Crippen molar-refractivity contribution in [2.75, 3.05) is 10.6 Å². The van der Waals surface area contributed by atoms with Gasteiger partial charge in [0.15, 0.2) is 0 Å². The van der Waals surface area contributed by atoms with Crippen molar-refractivity contribution in [2.45, 2.75) is 32.4 Å². The van der Waals surface area contributed by atoms with Crippen molar-refractivity contribution in [3.05, 3.63) is 59.4 Å². The molecule has 0 fully saturated rings. The lowest BCUT2D eigenvalue weighted by molar-refractivity contribution is 0.583. The van der Waals surface area contributed by atoms with Gasteiger partial charge in [-0.15, -0.1) is 0 Å². The fourth-order valence-electron chi connectivity index (χ4n) is 2.75. The van der Waals surface area contributed by atoms with E-state index in [2.05, 4.69) is 48.7 Å². The Labute approximate surface area is 119 Å². The van der Waals surface area contributed by atoms with Gasteiger partial charge in [-0.1, -0.05) is 17.7 Å². The van der Waals surface area contributed by atoms with Gasteiger partial charge in [0, 0.05) is 23.0 Å². The summed E-state index contributed by atoms with van der Waals surface area (Å²) < 4.78 is 13.5. The molecule has 2 aromatic carbocycles. The number of anilines is 2. The number of rotatable bonds is 2. The molecule has 2 nitrogen and oxygen atoms in total. The molecule has 1 aliphatic rings. The van der Waals surface area contributed by atoms with Crippen molar-refractivity contribution in [2.24, 2.45) is 0 Å². The maximum atomic E-state index is 13.5. The lowest BCUT2D eigenvalue weighted by Gasteiger charge is -2.32. The summed E-state index contributed by atoms with van der Waals surface area (Å²) in [6.45, 7) is 4.22. The van der Waals surface area contributed by atoms with Crippen LogP contribution < -0.4 is 10.6 Å². The van der Waals surface area contributed by atoms with Gasteiger partial charge < -0.3 is 10.6 Å². The number of hydrogen-bond acceptors (Lipinski definition) is 2. The minimum absolute atomic E-state index is 0.139. The van der Waals surface area contributed by atoms with E-state index in [9.17, 15) is 4.39 Å². The van der Waals surface area contributed by atoms with Gasteiger partial charge in [0.25, 0.3) is 0 Å². The Balaban J connectivity index is 1.90. The Kier molecular flexibility index (Phi) is 3.35. The van der Waals surface area contributed by atoms with Gasteiger partial charge in [-0.25, -0.2) is 4.39 Å². The van der Waals surface area contributed by atoms with Crippen LogP contribution in [0.2, 0.25) is 0 Å². The molecule has 0 saturated heterocycles.